The van der Waals surface area contributed by atoms with Crippen molar-refractivity contribution in [1.29, 1.82) is 0 Å². The Balaban J connectivity index is 1.88. The van der Waals surface area contributed by atoms with E-state index in [0.29, 0.717) is 18.9 Å². The molecule has 0 radical (unpaired) electrons. The lowest BCUT2D eigenvalue weighted by Gasteiger charge is -2.49. The standard InChI is InChI=1S/C25H26F2N2O4/c1-14(2)9-21-23(32)28-25(24(33)29(21)13-22(30)31,19-8-7-18(26)12-20(19)27)17-10-15-5-3-4-6-16(15)11-17/h3-8,12,14,17,21H,9-11,13H2,1-2H3,(H,28,32)(H,30,31)/t21-,25-/m1/s1. The molecule has 0 unspecified atom stereocenters. The van der Waals surface area contributed by atoms with E-state index in [2.05, 4.69) is 5.32 Å². The van der Waals surface area contributed by atoms with Crippen molar-refractivity contribution in [3.05, 3.63) is 70.8 Å². The van der Waals surface area contributed by atoms with Crippen molar-refractivity contribution in [2.45, 2.75) is 44.7 Å². The average molecular weight is 456 g/mol. The van der Waals surface area contributed by atoms with E-state index in [-0.39, 0.29) is 17.9 Å². The van der Waals surface area contributed by atoms with Crippen molar-refractivity contribution < 1.29 is 28.3 Å². The molecule has 0 aromatic heterocycles. The van der Waals surface area contributed by atoms with Gasteiger partial charge in [-0.05, 0) is 42.4 Å². The highest BCUT2D eigenvalue weighted by molar-refractivity contribution is 6.02. The number of piperazine rings is 1. The largest absolute Gasteiger partial charge is 0.480 e. The number of carbonyl (C=O) groups excluding carboxylic acids is 2. The van der Waals surface area contributed by atoms with Crippen LogP contribution in [0.5, 0.6) is 0 Å². The third-order valence-corrected chi connectivity index (χ3v) is 6.62. The Kier molecular flexibility index (Phi) is 5.95. The fraction of sp³-hybridized carbons (Fsp3) is 0.400. The zero-order valence-corrected chi connectivity index (χ0v) is 18.5. The van der Waals surface area contributed by atoms with Crippen molar-refractivity contribution in [1.82, 2.24) is 10.2 Å². The van der Waals surface area contributed by atoms with E-state index < -0.39 is 53.5 Å². The molecule has 1 heterocycles. The van der Waals surface area contributed by atoms with Gasteiger partial charge in [0.2, 0.25) is 5.91 Å². The molecule has 0 saturated carbocycles. The van der Waals surface area contributed by atoms with Gasteiger partial charge < -0.3 is 15.3 Å². The number of halogens is 2. The number of hydrogen-bond donors (Lipinski definition) is 2. The predicted octanol–water partition coefficient (Wildman–Crippen LogP) is 3.03. The van der Waals surface area contributed by atoms with Crippen LogP contribution in [0.25, 0.3) is 0 Å². The number of hydrogen-bond acceptors (Lipinski definition) is 3. The lowest BCUT2D eigenvalue weighted by atomic mass is 9.72. The molecule has 2 aliphatic rings. The van der Waals surface area contributed by atoms with Crippen molar-refractivity contribution in [2.75, 3.05) is 6.54 Å². The molecule has 0 bridgehead atoms. The van der Waals surface area contributed by atoms with Gasteiger partial charge in [0.1, 0.15) is 24.2 Å². The molecule has 4 rings (SSSR count). The number of amides is 2. The van der Waals surface area contributed by atoms with Crippen LogP contribution < -0.4 is 5.32 Å². The minimum Gasteiger partial charge on any atom is -0.480 e. The number of carboxylic acids is 1. The van der Waals surface area contributed by atoms with Gasteiger partial charge in [-0.3, -0.25) is 14.4 Å². The predicted molar refractivity (Wildman–Crippen MR) is 116 cm³/mol. The Morgan fingerprint density at radius 1 is 1.15 bits per heavy atom. The van der Waals surface area contributed by atoms with Crippen LogP contribution in [0.3, 0.4) is 0 Å². The van der Waals surface area contributed by atoms with Crippen LogP contribution in [-0.2, 0) is 32.8 Å². The lowest BCUT2D eigenvalue weighted by Crippen LogP contribution is -2.72. The molecule has 1 saturated heterocycles. The van der Waals surface area contributed by atoms with E-state index in [0.717, 1.165) is 22.1 Å². The summed E-state index contributed by atoms with van der Waals surface area (Å²) in [6.45, 7) is 3.05. The quantitative estimate of drug-likeness (QED) is 0.700. The van der Waals surface area contributed by atoms with E-state index >= 15 is 4.39 Å². The molecular weight excluding hydrogens is 430 g/mol. The lowest BCUT2D eigenvalue weighted by molar-refractivity contribution is -0.163. The number of rotatable bonds is 6. The first-order valence-electron chi connectivity index (χ1n) is 11.0. The van der Waals surface area contributed by atoms with Gasteiger partial charge in [-0.2, -0.15) is 0 Å². The van der Waals surface area contributed by atoms with E-state index in [4.69, 9.17) is 0 Å². The molecule has 2 amide bonds. The molecule has 2 N–H and O–H groups in total. The topological polar surface area (TPSA) is 86.7 Å². The van der Waals surface area contributed by atoms with Crippen LogP contribution >= 0.6 is 0 Å². The van der Waals surface area contributed by atoms with E-state index in [9.17, 15) is 23.9 Å². The Bertz CT molecular complexity index is 1090. The van der Waals surface area contributed by atoms with Crippen molar-refractivity contribution in [3.8, 4) is 0 Å². The summed E-state index contributed by atoms with van der Waals surface area (Å²) in [4.78, 5) is 40.2. The Labute approximate surface area is 190 Å². The maximum Gasteiger partial charge on any atom is 0.323 e. The first kappa shape index (κ1) is 22.9. The van der Waals surface area contributed by atoms with Crippen LogP contribution in [0.2, 0.25) is 0 Å². The van der Waals surface area contributed by atoms with Crippen LogP contribution in [0.1, 0.15) is 37.0 Å². The summed E-state index contributed by atoms with van der Waals surface area (Å²) < 4.78 is 28.9. The Morgan fingerprint density at radius 3 is 2.33 bits per heavy atom. The minimum atomic E-state index is -1.85. The Hall–Kier alpha value is -3.29. The normalized spacial score (nSPS) is 23.1. The molecule has 6 nitrogen and oxygen atoms in total. The number of carboxylic acid groups (broad SMARTS) is 1. The molecule has 174 valence electrons. The highest BCUT2D eigenvalue weighted by Gasteiger charge is 2.58. The molecular formula is C25H26F2N2O4. The summed E-state index contributed by atoms with van der Waals surface area (Å²) in [5.41, 5.74) is -0.0592. The van der Waals surface area contributed by atoms with Crippen molar-refractivity contribution in [3.63, 3.8) is 0 Å². The number of fused-ring (bicyclic) bond motifs is 1. The van der Waals surface area contributed by atoms with Gasteiger partial charge in [-0.25, -0.2) is 8.78 Å². The molecule has 0 spiro atoms. The van der Waals surface area contributed by atoms with Crippen LogP contribution in [0.4, 0.5) is 8.78 Å². The number of carbonyl (C=O) groups is 3. The van der Waals surface area contributed by atoms with Crippen LogP contribution in [0.15, 0.2) is 42.5 Å². The average Bonchev–Trinajstić information content (AvgIpc) is 3.17. The SMILES string of the molecule is CC(C)C[C@@H]1C(=O)N[C@@](c2ccc(F)cc2F)(C2Cc3ccccc3C2)C(=O)N1CC(=O)O. The smallest absolute Gasteiger partial charge is 0.323 e. The highest BCUT2D eigenvalue weighted by Crippen LogP contribution is 2.44. The zero-order chi connectivity index (χ0) is 23.9. The van der Waals surface area contributed by atoms with Crippen LogP contribution in [0, 0.1) is 23.5 Å². The van der Waals surface area contributed by atoms with Gasteiger partial charge in [0.05, 0.1) is 0 Å². The second-order valence-electron chi connectivity index (χ2n) is 9.27. The third kappa shape index (κ3) is 3.98. The third-order valence-electron chi connectivity index (χ3n) is 6.62. The summed E-state index contributed by atoms with van der Waals surface area (Å²) in [6, 6.07) is 9.46. The van der Waals surface area contributed by atoms with Crippen molar-refractivity contribution in [2.24, 2.45) is 11.8 Å². The second-order valence-corrected chi connectivity index (χ2v) is 9.27. The van der Waals surface area contributed by atoms with Gasteiger partial charge in [0.15, 0.2) is 5.54 Å². The summed E-state index contributed by atoms with van der Waals surface area (Å²) >= 11 is 0. The molecule has 2 atom stereocenters. The summed E-state index contributed by atoms with van der Waals surface area (Å²) in [5, 5.41) is 12.3. The van der Waals surface area contributed by atoms with E-state index in [1.165, 1.54) is 6.07 Å². The fourth-order valence-electron chi connectivity index (χ4n) is 5.20. The first-order chi connectivity index (χ1) is 15.6. The highest BCUT2D eigenvalue weighted by atomic mass is 19.1. The zero-order valence-electron chi connectivity index (χ0n) is 18.5. The number of aliphatic carboxylic acids is 1. The summed E-state index contributed by atoms with van der Waals surface area (Å²) in [6.07, 6.45) is 1.03. The van der Waals surface area contributed by atoms with Crippen molar-refractivity contribution >= 4 is 17.8 Å². The molecule has 8 heteroatoms. The molecule has 2 aromatic carbocycles. The van der Waals surface area contributed by atoms with E-state index in [1.54, 1.807) is 0 Å². The summed E-state index contributed by atoms with van der Waals surface area (Å²) in [7, 11) is 0. The minimum absolute atomic E-state index is 0.00985. The molecule has 1 aliphatic heterocycles. The molecule has 33 heavy (non-hydrogen) atoms. The second kappa shape index (κ2) is 8.57. The van der Waals surface area contributed by atoms with Gasteiger partial charge in [0, 0.05) is 17.5 Å². The van der Waals surface area contributed by atoms with Crippen LogP contribution in [-0.4, -0.2) is 40.4 Å². The maximum absolute atomic E-state index is 15.2. The number of nitrogens with one attached hydrogen (secondary N) is 1. The number of nitrogens with zero attached hydrogens (tertiary/aromatic N) is 1. The van der Waals surface area contributed by atoms with Gasteiger partial charge in [-0.1, -0.05) is 44.2 Å². The first-order valence-corrected chi connectivity index (χ1v) is 11.0. The molecule has 1 aliphatic carbocycles. The fourth-order valence-corrected chi connectivity index (χ4v) is 5.20. The maximum atomic E-state index is 15.2. The van der Waals surface area contributed by atoms with E-state index in [1.807, 2.05) is 38.1 Å². The number of benzene rings is 2. The van der Waals surface area contributed by atoms with Gasteiger partial charge in [-0.15, -0.1) is 0 Å². The summed E-state index contributed by atoms with van der Waals surface area (Å²) in [5.74, 6) is -4.82. The van der Waals surface area contributed by atoms with Gasteiger partial charge >= 0.3 is 5.97 Å². The molecule has 1 fully saturated rings. The monoisotopic (exact) mass is 456 g/mol. The Morgan fingerprint density at radius 2 is 1.79 bits per heavy atom. The van der Waals surface area contributed by atoms with Gasteiger partial charge in [0.25, 0.3) is 5.91 Å². The molecule has 2 aromatic rings.